The minimum absolute atomic E-state index is 0.0175. The van der Waals surface area contributed by atoms with Crippen LogP contribution in [0.2, 0.25) is 0 Å². The number of hydrogen-bond acceptors (Lipinski definition) is 4. The third kappa shape index (κ3) is 4.32. The molecule has 0 bridgehead atoms. The fourth-order valence-corrected chi connectivity index (χ4v) is 4.58. The van der Waals surface area contributed by atoms with E-state index >= 15 is 0 Å². The summed E-state index contributed by atoms with van der Waals surface area (Å²) in [6.45, 7) is 3.85. The van der Waals surface area contributed by atoms with Crippen molar-refractivity contribution in [3.8, 4) is 0 Å². The van der Waals surface area contributed by atoms with Crippen molar-refractivity contribution in [2.75, 3.05) is 38.6 Å². The van der Waals surface area contributed by atoms with Gasteiger partial charge in [0.2, 0.25) is 10.0 Å². The summed E-state index contributed by atoms with van der Waals surface area (Å²) in [5.74, 6) is 0.149. The van der Waals surface area contributed by atoms with Crippen LogP contribution in [0.3, 0.4) is 0 Å². The predicted octanol–water partition coefficient (Wildman–Crippen LogP) is 1.40. The number of ether oxygens (including phenoxy) is 1. The number of nitrogens with one attached hydrogen (secondary N) is 1. The number of rotatable bonds is 7. The Morgan fingerprint density at radius 3 is 2.43 bits per heavy atom. The van der Waals surface area contributed by atoms with Crippen molar-refractivity contribution < 1.29 is 13.2 Å². The van der Waals surface area contributed by atoms with Gasteiger partial charge in [-0.3, -0.25) is 4.90 Å². The molecule has 128 valence electrons. The van der Waals surface area contributed by atoms with Gasteiger partial charge >= 0.3 is 0 Å². The molecule has 1 N–H and O–H groups in total. The van der Waals surface area contributed by atoms with E-state index in [1.54, 1.807) is 0 Å². The van der Waals surface area contributed by atoms with Gasteiger partial charge in [-0.2, -0.15) is 0 Å². The number of hydrogen-bond donors (Lipinski definition) is 1. The zero-order chi connectivity index (χ0) is 16.2. The maximum atomic E-state index is 12.3. The first-order chi connectivity index (χ1) is 11.1. The molecule has 5 nitrogen and oxygen atoms in total. The van der Waals surface area contributed by atoms with Crippen LogP contribution in [0.5, 0.6) is 0 Å². The molecule has 1 aromatic carbocycles. The fourth-order valence-electron chi connectivity index (χ4n) is 3.44. The molecule has 0 amide bonds. The Balaban J connectivity index is 1.53. The lowest BCUT2D eigenvalue weighted by atomic mass is 9.75. The lowest BCUT2D eigenvalue weighted by Gasteiger charge is -2.51. The van der Waals surface area contributed by atoms with Gasteiger partial charge < -0.3 is 4.74 Å². The van der Waals surface area contributed by atoms with Gasteiger partial charge in [0.1, 0.15) is 0 Å². The van der Waals surface area contributed by atoms with Crippen LogP contribution in [0.4, 0.5) is 0 Å². The molecular formula is C17H26N2O3S. The zero-order valence-corrected chi connectivity index (χ0v) is 14.4. The molecule has 3 rings (SSSR count). The van der Waals surface area contributed by atoms with E-state index < -0.39 is 10.0 Å². The van der Waals surface area contributed by atoms with E-state index in [1.807, 2.05) is 30.3 Å². The summed E-state index contributed by atoms with van der Waals surface area (Å²) in [7, 11) is -3.24. The quantitative estimate of drug-likeness (QED) is 0.816. The van der Waals surface area contributed by atoms with Gasteiger partial charge in [0.15, 0.2) is 0 Å². The monoisotopic (exact) mass is 338 g/mol. The summed E-state index contributed by atoms with van der Waals surface area (Å²) < 4.78 is 32.9. The number of sulfonamides is 1. The third-order valence-corrected chi connectivity index (χ3v) is 6.42. The summed E-state index contributed by atoms with van der Waals surface area (Å²) >= 11 is 0. The van der Waals surface area contributed by atoms with Gasteiger partial charge in [-0.25, -0.2) is 13.1 Å². The number of nitrogens with zero attached hydrogens (tertiary/aromatic N) is 1. The van der Waals surface area contributed by atoms with Gasteiger partial charge in [-0.15, -0.1) is 0 Å². The van der Waals surface area contributed by atoms with Crippen molar-refractivity contribution >= 4 is 10.0 Å². The van der Waals surface area contributed by atoms with Gasteiger partial charge in [0.25, 0.3) is 0 Å². The Morgan fingerprint density at radius 1 is 1.13 bits per heavy atom. The van der Waals surface area contributed by atoms with E-state index in [9.17, 15) is 8.42 Å². The van der Waals surface area contributed by atoms with Crippen LogP contribution in [0.25, 0.3) is 0 Å². The molecule has 0 spiro atoms. The van der Waals surface area contributed by atoms with E-state index in [0.717, 1.165) is 44.7 Å². The summed E-state index contributed by atoms with van der Waals surface area (Å²) in [6.07, 6.45) is 3.90. The molecule has 23 heavy (non-hydrogen) atoms. The normalized spacial score (nSPS) is 21.7. The third-order valence-electron chi connectivity index (χ3n) is 5.09. The van der Waals surface area contributed by atoms with Crippen LogP contribution in [0, 0.1) is 0 Å². The number of aryl methyl sites for hydroxylation is 1. The van der Waals surface area contributed by atoms with Gasteiger partial charge in [-0.1, -0.05) is 30.3 Å². The first-order valence-electron chi connectivity index (χ1n) is 8.44. The summed E-state index contributed by atoms with van der Waals surface area (Å²) in [5.41, 5.74) is 1.08. The molecule has 2 aliphatic rings. The van der Waals surface area contributed by atoms with Crippen molar-refractivity contribution in [1.82, 2.24) is 9.62 Å². The molecular weight excluding hydrogens is 312 g/mol. The van der Waals surface area contributed by atoms with Gasteiger partial charge in [0.05, 0.1) is 19.0 Å². The Labute approximate surface area is 139 Å². The van der Waals surface area contributed by atoms with Crippen molar-refractivity contribution in [1.29, 1.82) is 0 Å². The van der Waals surface area contributed by atoms with E-state index in [2.05, 4.69) is 9.62 Å². The number of morpholine rings is 1. The molecule has 0 aromatic heterocycles. The van der Waals surface area contributed by atoms with Crippen molar-refractivity contribution in [3.63, 3.8) is 0 Å². The highest BCUT2D eigenvalue weighted by Crippen LogP contribution is 2.37. The maximum absolute atomic E-state index is 12.3. The van der Waals surface area contributed by atoms with Crippen LogP contribution < -0.4 is 4.72 Å². The Kier molecular flexibility index (Phi) is 5.36. The van der Waals surface area contributed by atoms with Gasteiger partial charge in [0, 0.05) is 25.2 Å². The smallest absolute Gasteiger partial charge is 0.211 e. The standard InChI is InChI=1S/C17H26N2O3S/c20-23(21,14-7-16-5-2-1-3-6-16)18-15-17(8-4-9-17)19-10-12-22-13-11-19/h1-3,5-6,18H,4,7-15H2. The lowest BCUT2D eigenvalue weighted by molar-refractivity contribution is -0.0527. The average molecular weight is 338 g/mol. The largest absolute Gasteiger partial charge is 0.379 e. The van der Waals surface area contributed by atoms with E-state index in [0.29, 0.717) is 13.0 Å². The molecule has 6 heteroatoms. The topological polar surface area (TPSA) is 58.6 Å². The van der Waals surface area contributed by atoms with Crippen LogP contribution in [-0.2, 0) is 21.2 Å². The minimum atomic E-state index is -3.24. The zero-order valence-electron chi connectivity index (χ0n) is 13.5. The van der Waals surface area contributed by atoms with Crippen molar-refractivity contribution in [2.45, 2.75) is 31.2 Å². The molecule has 1 aliphatic heterocycles. The number of benzene rings is 1. The van der Waals surface area contributed by atoms with Crippen molar-refractivity contribution in [2.24, 2.45) is 0 Å². The van der Waals surface area contributed by atoms with Crippen molar-refractivity contribution in [3.05, 3.63) is 35.9 Å². The fraction of sp³-hybridized carbons (Fsp3) is 0.647. The predicted molar refractivity (Wildman–Crippen MR) is 90.9 cm³/mol. The van der Waals surface area contributed by atoms with Crippen LogP contribution in [-0.4, -0.2) is 57.5 Å². The van der Waals surface area contributed by atoms with Crippen LogP contribution in [0.15, 0.2) is 30.3 Å². The molecule has 1 aromatic rings. The molecule has 1 saturated heterocycles. The molecule has 1 heterocycles. The summed E-state index contributed by atoms with van der Waals surface area (Å²) in [5, 5.41) is 0. The second kappa shape index (κ2) is 7.30. The highest BCUT2D eigenvalue weighted by atomic mass is 32.2. The summed E-state index contributed by atoms with van der Waals surface area (Å²) in [4.78, 5) is 2.42. The molecule has 0 unspecified atom stereocenters. The Morgan fingerprint density at radius 2 is 1.83 bits per heavy atom. The SMILES string of the molecule is O=S(=O)(CCc1ccccc1)NCC1(N2CCOCC2)CCC1. The average Bonchev–Trinajstić information content (AvgIpc) is 2.54. The Bertz CT molecular complexity index is 594. The molecule has 0 radical (unpaired) electrons. The highest BCUT2D eigenvalue weighted by molar-refractivity contribution is 7.89. The van der Waals surface area contributed by atoms with Crippen LogP contribution >= 0.6 is 0 Å². The van der Waals surface area contributed by atoms with E-state index in [1.165, 1.54) is 6.42 Å². The highest BCUT2D eigenvalue weighted by Gasteiger charge is 2.43. The van der Waals surface area contributed by atoms with Gasteiger partial charge in [-0.05, 0) is 31.2 Å². The first kappa shape index (κ1) is 16.9. The van der Waals surface area contributed by atoms with Crippen LogP contribution in [0.1, 0.15) is 24.8 Å². The molecule has 2 fully saturated rings. The molecule has 0 atom stereocenters. The minimum Gasteiger partial charge on any atom is -0.379 e. The molecule has 1 aliphatic carbocycles. The summed E-state index contributed by atoms with van der Waals surface area (Å²) in [6, 6.07) is 9.76. The first-order valence-corrected chi connectivity index (χ1v) is 10.1. The second-order valence-corrected chi connectivity index (χ2v) is 8.48. The Hall–Kier alpha value is -0.950. The second-order valence-electron chi connectivity index (χ2n) is 6.55. The van der Waals surface area contributed by atoms with E-state index in [4.69, 9.17) is 4.74 Å². The lowest BCUT2D eigenvalue weighted by Crippen LogP contribution is -2.62. The molecule has 1 saturated carbocycles. The van der Waals surface area contributed by atoms with E-state index in [-0.39, 0.29) is 11.3 Å². The maximum Gasteiger partial charge on any atom is 0.211 e.